The van der Waals surface area contributed by atoms with Crippen LogP contribution in [0, 0.1) is 0 Å². The summed E-state index contributed by atoms with van der Waals surface area (Å²) in [5, 5.41) is 0. The van der Waals surface area contributed by atoms with E-state index in [1.54, 1.807) is 6.92 Å². The first-order chi connectivity index (χ1) is 10.7. The standard InChI is InChI=1S/C16H23N3O3/c1-14(20)19-7-8-21-13-16(12-19)11-18(6-9-22-16)10-15-2-4-17-5-3-15/h2-5H,6-13H2,1H3/t16-/m1/s1. The molecule has 0 saturated carbocycles. The Hall–Kier alpha value is -1.50. The number of carbonyl (C=O) groups excluding carboxylic acids is 1. The minimum Gasteiger partial charge on any atom is -0.376 e. The van der Waals surface area contributed by atoms with Crippen LogP contribution in [-0.4, -0.2) is 72.3 Å². The lowest BCUT2D eigenvalue weighted by atomic mass is 10.0. The molecular weight excluding hydrogens is 282 g/mol. The smallest absolute Gasteiger partial charge is 0.219 e. The van der Waals surface area contributed by atoms with Gasteiger partial charge in [-0.15, -0.1) is 0 Å². The predicted octanol–water partition coefficient (Wildman–Crippen LogP) is 0.531. The molecule has 6 heteroatoms. The van der Waals surface area contributed by atoms with Crippen molar-refractivity contribution in [1.82, 2.24) is 14.8 Å². The van der Waals surface area contributed by atoms with Gasteiger partial charge in [0.25, 0.3) is 0 Å². The zero-order chi connectivity index (χ0) is 15.4. The van der Waals surface area contributed by atoms with Gasteiger partial charge in [-0.05, 0) is 17.7 Å². The van der Waals surface area contributed by atoms with Crippen LogP contribution in [0.2, 0.25) is 0 Å². The van der Waals surface area contributed by atoms with Crippen LogP contribution >= 0.6 is 0 Å². The van der Waals surface area contributed by atoms with E-state index in [2.05, 4.69) is 9.88 Å². The maximum absolute atomic E-state index is 11.7. The quantitative estimate of drug-likeness (QED) is 0.798. The monoisotopic (exact) mass is 305 g/mol. The van der Waals surface area contributed by atoms with Crippen LogP contribution in [0.25, 0.3) is 0 Å². The number of morpholine rings is 1. The molecule has 0 unspecified atom stereocenters. The average Bonchev–Trinajstić information content (AvgIpc) is 2.71. The lowest BCUT2D eigenvalue weighted by Gasteiger charge is -2.43. The van der Waals surface area contributed by atoms with Crippen molar-refractivity contribution < 1.29 is 14.3 Å². The van der Waals surface area contributed by atoms with Gasteiger partial charge in [0.1, 0.15) is 5.60 Å². The van der Waals surface area contributed by atoms with E-state index in [1.807, 2.05) is 29.4 Å². The van der Waals surface area contributed by atoms with E-state index in [4.69, 9.17) is 9.47 Å². The Kier molecular flexibility index (Phi) is 4.71. The molecule has 2 fully saturated rings. The second kappa shape index (κ2) is 6.73. The van der Waals surface area contributed by atoms with Crippen molar-refractivity contribution in [2.24, 2.45) is 0 Å². The molecule has 120 valence electrons. The van der Waals surface area contributed by atoms with Crippen molar-refractivity contribution in [1.29, 1.82) is 0 Å². The first kappa shape index (κ1) is 15.4. The lowest BCUT2D eigenvalue weighted by Crippen LogP contribution is -2.58. The second-order valence-corrected chi connectivity index (χ2v) is 6.09. The molecule has 2 saturated heterocycles. The van der Waals surface area contributed by atoms with Crippen LogP contribution in [0.3, 0.4) is 0 Å². The fraction of sp³-hybridized carbons (Fsp3) is 0.625. The van der Waals surface area contributed by atoms with Gasteiger partial charge < -0.3 is 14.4 Å². The minimum absolute atomic E-state index is 0.0831. The highest BCUT2D eigenvalue weighted by Crippen LogP contribution is 2.23. The molecule has 6 nitrogen and oxygen atoms in total. The Balaban J connectivity index is 1.69. The van der Waals surface area contributed by atoms with Gasteiger partial charge in [0.2, 0.25) is 5.91 Å². The number of carbonyl (C=O) groups is 1. The van der Waals surface area contributed by atoms with Crippen LogP contribution in [-0.2, 0) is 20.8 Å². The fourth-order valence-corrected chi connectivity index (χ4v) is 3.16. The summed E-state index contributed by atoms with van der Waals surface area (Å²) in [7, 11) is 0. The van der Waals surface area contributed by atoms with E-state index in [9.17, 15) is 4.79 Å². The van der Waals surface area contributed by atoms with Crippen LogP contribution in [0.5, 0.6) is 0 Å². The molecule has 1 atom stereocenters. The average molecular weight is 305 g/mol. The molecule has 3 rings (SSSR count). The maximum Gasteiger partial charge on any atom is 0.219 e. The summed E-state index contributed by atoms with van der Waals surface area (Å²) in [6.07, 6.45) is 3.63. The highest BCUT2D eigenvalue weighted by Gasteiger charge is 2.40. The molecule has 0 aromatic carbocycles. The van der Waals surface area contributed by atoms with Gasteiger partial charge in [0.05, 0.1) is 26.4 Å². The van der Waals surface area contributed by atoms with Crippen molar-refractivity contribution in [3.8, 4) is 0 Å². The molecule has 2 aliphatic heterocycles. The van der Waals surface area contributed by atoms with Crippen LogP contribution < -0.4 is 0 Å². The molecule has 1 aromatic rings. The number of hydrogen-bond donors (Lipinski definition) is 0. The fourth-order valence-electron chi connectivity index (χ4n) is 3.16. The van der Waals surface area contributed by atoms with E-state index in [-0.39, 0.29) is 5.91 Å². The van der Waals surface area contributed by atoms with Crippen molar-refractivity contribution >= 4 is 5.91 Å². The molecule has 0 aliphatic carbocycles. The number of amides is 1. The van der Waals surface area contributed by atoms with Gasteiger partial charge in [0, 0.05) is 45.5 Å². The molecule has 1 amide bonds. The summed E-state index contributed by atoms with van der Waals surface area (Å²) in [5.74, 6) is 0.0831. The minimum atomic E-state index is -0.409. The van der Waals surface area contributed by atoms with Gasteiger partial charge in [-0.3, -0.25) is 14.7 Å². The van der Waals surface area contributed by atoms with Gasteiger partial charge in [-0.2, -0.15) is 0 Å². The maximum atomic E-state index is 11.7. The van der Waals surface area contributed by atoms with Gasteiger partial charge in [-0.25, -0.2) is 0 Å². The highest BCUT2D eigenvalue weighted by atomic mass is 16.5. The SMILES string of the molecule is CC(=O)N1CCOC[C@@]2(CN(Cc3ccncc3)CCO2)C1. The topological polar surface area (TPSA) is 54.9 Å². The zero-order valence-corrected chi connectivity index (χ0v) is 13.0. The van der Waals surface area contributed by atoms with Crippen molar-refractivity contribution in [2.45, 2.75) is 19.1 Å². The Morgan fingerprint density at radius 3 is 2.86 bits per heavy atom. The van der Waals surface area contributed by atoms with Crippen molar-refractivity contribution in [2.75, 3.05) is 46.0 Å². The molecule has 1 spiro atoms. The van der Waals surface area contributed by atoms with Gasteiger partial charge >= 0.3 is 0 Å². The summed E-state index contributed by atoms with van der Waals surface area (Å²) >= 11 is 0. The largest absolute Gasteiger partial charge is 0.376 e. The van der Waals surface area contributed by atoms with E-state index >= 15 is 0 Å². The third-order valence-corrected chi connectivity index (χ3v) is 4.28. The Morgan fingerprint density at radius 2 is 2.09 bits per heavy atom. The number of hydrogen-bond acceptors (Lipinski definition) is 5. The summed E-state index contributed by atoms with van der Waals surface area (Å²) in [5.41, 5.74) is 0.831. The van der Waals surface area contributed by atoms with E-state index < -0.39 is 5.60 Å². The highest BCUT2D eigenvalue weighted by molar-refractivity contribution is 5.73. The predicted molar refractivity (Wildman–Crippen MR) is 81.3 cm³/mol. The summed E-state index contributed by atoms with van der Waals surface area (Å²) in [6.45, 7) is 7.19. The first-order valence-electron chi connectivity index (χ1n) is 7.75. The third kappa shape index (κ3) is 3.63. The number of nitrogens with zero attached hydrogens (tertiary/aromatic N) is 3. The van der Waals surface area contributed by atoms with Crippen LogP contribution in [0.15, 0.2) is 24.5 Å². The normalized spacial score (nSPS) is 26.9. The van der Waals surface area contributed by atoms with Gasteiger partial charge in [0.15, 0.2) is 0 Å². The Labute approximate surface area is 131 Å². The van der Waals surface area contributed by atoms with E-state index in [0.717, 1.165) is 19.6 Å². The lowest BCUT2D eigenvalue weighted by molar-refractivity contribution is -0.151. The zero-order valence-electron chi connectivity index (χ0n) is 13.0. The van der Waals surface area contributed by atoms with Crippen LogP contribution in [0.4, 0.5) is 0 Å². The molecule has 0 N–H and O–H groups in total. The Morgan fingerprint density at radius 1 is 1.27 bits per heavy atom. The van der Waals surface area contributed by atoms with Crippen molar-refractivity contribution in [3.63, 3.8) is 0 Å². The van der Waals surface area contributed by atoms with E-state index in [1.165, 1.54) is 5.56 Å². The second-order valence-electron chi connectivity index (χ2n) is 6.09. The first-order valence-corrected chi connectivity index (χ1v) is 7.75. The molecule has 0 bridgehead atoms. The Bertz CT molecular complexity index is 511. The molecular formula is C16H23N3O3. The molecule has 1 aromatic heterocycles. The molecule has 0 radical (unpaired) electrons. The number of rotatable bonds is 2. The third-order valence-electron chi connectivity index (χ3n) is 4.28. The van der Waals surface area contributed by atoms with Crippen molar-refractivity contribution in [3.05, 3.63) is 30.1 Å². The van der Waals surface area contributed by atoms with Crippen LogP contribution in [0.1, 0.15) is 12.5 Å². The molecule has 2 aliphatic rings. The molecule has 3 heterocycles. The summed E-state index contributed by atoms with van der Waals surface area (Å²) in [4.78, 5) is 20.0. The molecule has 22 heavy (non-hydrogen) atoms. The van der Waals surface area contributed by atoms with E-state index in [0.29, 0.717) is 32.9 Å². The summed E-state index contributed by atoms with van der Waals surface area (Å²) in [6, 6.07) is 4.07. The number of pyridine rings is 1. The summed E-state index contributed by atoms with van der Waals surface area (Å²) < 4.78 is 11.8. The van der Waals surface area contributed by atoms with Gasteiger partial charge in [-0.1, -0.05) is 0 Å². The number of aromatic nitrogens is 1. The number of ether oxygens (including phenoxy) is 2.